The minimum atomic E-state index is -0.570. The van der Waals surface area contributed by atoms with Gasteiger partial charge < -0.3 is 14.2 Å². The molecule has 8 heteroatoms. The summed E-state index contributed by atoms with van der Waals surface area (Å²) < 4.78 is 16.6. The number of amides is 1. The molecule has 3 rings (SSSR count). The summed E-state index contributed by atoms with van der Waals surface area (Å²) in [6.45, 7) is 11.1. The van der Waals surface area contributed by atoms with Crippen LogP contribution in [0, 0.1) is 5.92 Å². The van der Waals surface area contributed by atoms with Crippen molar-refractivity contribution in [1.29, 1.82) is 0 Å². The van der Waals surface area contributed by atoms with Crippen LogP contribution < -0.4 is 10.1 Å². The van der Waals surface area contributed by atoms with Crippen molar-refractivity contribution in [2.24, 2.45) is 10.9 Å². The van der Waals surface area contributed by atoms with E-state index >= 15 is 0 Å². The fourth-order valence-corrected chi connectivity index (χ4v) is 4.04. The van der Waals surface area contributed by atoms with Gasteiger partial charge in [0.25, 0.3) is 0 Å². The van der Waals surface area contributed by atoms with Crippen LogP contribution in [0.4, 0.5) is 9.93 Å². The Bertz CT molecular complexity index is 963. The predicted molar refractivity (Wildman–Crippen MR) is 129 cm³/mol. The maximum Gasteiger partial charge on any atom is 0.413 e. The van der Waals surface area contributed by atoms with E-state index in [0.717, 1.165) is 35.4 Å². The van der Waals surface area contributed by atoms with Crippen molar-refractivity contribution < 1.29 is 19.0 Å². The van der Waals surface area contributed by atoms with Gasteiger partial charge in [0.2, 0.25) is 0 Å². The number of carbonyl (C=O) groups excluding carboxylic acids is 1. The van der Waals surface area contributed by atoms with Gasteiger partial charge in [0.1, 0.15) is 11.4 Å². The fourth-order valence-electron chi connectivity index (χ4n) is 3.35. The van der Waals surface area contributed by atoms with Crippen LogP contribution in [0.2, 0.25) is 0 Å². The zero-order valence-electron chi connectivity index (χ0n) is 19.7. The Morgan fingerprint density at radius 1 is 1.28 bits per heavy atom. The van der Waals surface area contributed by atoms with Gasteiger partial charge >= 0.3 is 6.09 Å². The number of nitrogens with one attached hydrogen (secondary N) is 1. The van der Waals surface area contributed by atoms with Crippen molar-refractivity contribution >= 4 is 28.8 Å². The standard InChI is InChI=1S/C24H33N3O4S/c1-15(2)19-11-16-12-21(30-9-7-8-29-6)18(10-17(16)13-25-19)20-14-32-22(26-20)27-23(28)31-24(3,4)5/h10,12-15,19H,7-9,11H2,1-6H3,(H,26,27,28). The Morgan fingerprint density at radius 3 is 2.75 bits per heavy atom. The van der Waals surface area contributed by atoms with Gasteiger partial charge in [-0.25, -0.2) is 9.78 Å². The molecule has 1 N–H and O–H groups in total. The Morgan fingerprint density at radius 2 is 2.06 bits per heavy atom. The molecule has 1 aliphatic rings. The zero-order chi connectivity index (χ0) is 23.3. The number of aliphatic imine (C=N–C) groups is 1. The van der Waals surface area contributed by atoms with Gasteiger partial charge in [-0.3, -0.25) is 10.3 Å². The number of aromatic nitrogens is 1. The monoisotopic (exact) mass is 459 g/mol. The molecule has 1 aliphatic heterocycles. The Hall–Kier alpha value is -2.45. The molecule has 0 radical (unpaired) electrons. The summed E-state index contributed by atoms with van der Waals surface area (Å²) >= 11 is 1.35. The molecular formula is C24H33N3O4S. The number of ether oxygens (including phenoxy) is 3. The van der Waals surface area contributed by atoms with Crippen molar-refractivity contribution in [1.82, 2.24) is 4.98 Å². The van der Waals surface area contributed by atoms with E-state index in [9.17, 15) is 4.79 Å². The van der Waals surface area contributed by atoms with Gasteiger partial charge in [0.15, 0.2) is 5.13 Å². The average Bonchev–Trinajstić information content (AvgIpc) is 3.16. The number of hydrogen-bond acceptors (Lipinski definition) is 7. The molecule has 32 heavy (non-hydrogen) atoms. The van der Waals surface area contributed by atoms with Crippen LogP contribution in [0.15, 0.2) is 22.5 Å². The first-order valence-corrected chi connectivity index (χ1v) is 11.8. The van der Waals surface area contributed by atoms with E-state index in [1.807, 2.05) is 32.4 Å². The number of fused-ring (bicyclic) bond motifs is 1. The molecule has 1 unspecified atom stereocenters. The Balaban J connectivity index is 1.86. The van der Waals surface area contributed by atoms with E-state index in [1.54, 1.807) is 7.11 Å². The summed E-state index contributed by atoms with van der Waals surface area (Å²) in [5.74, 6) is 1.26. The maximum absolute atomic E-state index is 12.1. The number of carbonyl (C=O) groups is 1. The van der Waals surface area contributed by atoms with Gasteiger partial charge in [-0.15, -0.1) is 11.3 Å². The third kappa shape index (κ3) is 6.53. The van der Waals surface area contributed by atoms with Crippen molar-refractivity contribution in [3.05, 3.63) is 28.6 Å². The first-order chi connectivity index (χ1) is 15.2. The maximum atomic E-state index is 12.1. The van der Waals surface area contributed by atoms with Gasteiger partial charge in [-0.1, -0.05) is 13.8 Å². The highest BCUT2D eigenvalue weighted by Crippen LogP contribution is 2.36. The number of rotatable bonds is 8. The van der Waals surface area contributed by atoms with E-state index < -0.39 is 11.7 Å². The van der Waals surface area contributed by atoms with E-state index in [-0.39, 0.29) is 6.04 Å². The molecule has 1 amide bonds. The highest BCUT2D eigenvalue weighted by atomic mass is 32.1. The van der Waals surface area contributed by atoms with E-state index in [0.29, 0.717) is 24.3 Å². The second-order valence-corrected chi connectivity index (χ2v) is 10.1. The lowest BCUT2D eigenvalue weighted by Crippen LogP contribution is -2.27. The molecule has 7 nitrogen and oxygen atoms in total. The largest absolute Gasteiger partial charge is 0.493 e. The molecule has 1 atom stereocenters. The normalized spacial score (nSPS) is 15.5. The SMILES string of the molecule is COCCCOc1cc2c(cc1-c1csc(NC(=O)OC(C)(C)C)n1)C=NC(C(C)C)C2. The van der Waals surface area contributed by atoms with Crippen LogP contribution in [0.5, 0.6) is 5.75 Å². The molecule has 2 aromatic rings. The summed E-state index contributed by atoms with van der Waals surface area (Å²) in [4.78, 5) is 21.4. The molecular weight excluding hydrogens is 426 g/mol. The molecule has 0 bridgehead atoms. The minimum Gasteiger partial charge on any atom is -0.493 e. The summed E-state index contributed by atoms with van der Waals surface area (Å²) in [6, 6.07) is 4.46. The number of thiazole rings is 1. The quantitative estimate of drug-likeness (QED) is 0.522. The topological polar surface area (TPSA) is 82.0 Å². The fraction of sp³-hybridized carbons (Fsp3) is 0.542. The summed E-state index contributed by atoms with van der Waals surface area (Å²) in [7, 11) is 1.68. The lowest BCUT2D eigenvalue weighted by Gasteiger charge is -2.23. The van der Waals surface area contributed by atoms with Crippen LogP contribution >= 0.6 is 11.3 Å². The smallest absolute Gasteiger partial charge is 0.413 e. The number of methoxy groups -OCH3 is 1. The molecule has 1 aromatic heterocycles. The number of hydrogen-bond donors (Lipinski definition) is 1. The van der Waals surface area contributed by atoms with E-state index in [1.165, 1.54) is 16.9 Å². The number of nitrogens with zero attached hydrogens (tertiary/aromatic N) is 2. The molecule has 1 aromatic carbocycles. The minimum absolute atomic E-state index is 0.276. The van der Waals surface area contributed by atoms with Crippen molar-refractivity contribution in [3.63, 3.8) is 0 Å². The number of benzene rings is 1. The third-order valence-electron chi connectivity index (χ3n) is 4.98. The van der Waals surface area contributed by atoms with Gasteiger partial charge in [-0.05, 0) is 56.4 Å². The third-order valence-corrected chi connectivity index (χ3v) is 5.74. The van der Waals surface area contributed by atoms with E-state index in [2.05, 4.69) is 36.3 Å². The first kappa shape index (κ1) is 24.2. The molecule has 0 aliphatic carbocycles. The van der Waals surface area contributed by atoms with E-state index in [4.69, 9.17) is 19.2 Å². The van der Waals surface area contributed by atoms with Crippen molar-refractivity contribution in [3.8, 4) is 17.0 Å². The van der Waals surface area contributed by atoms with Crippen LogP contribution in [-0.2, 0) is 15.9 Å². The molecule has 2 heterocycles. The van der Waals surface area contributed by atoms with Gasteiger partial charge in [0, 0.05) is 37.3 Å². The average molecular weight is 460 g/mol. The highest BCUT2D eigenvalue weighted by Gasteiger charge is 2.22. The lowest BCUT2D eigenvalue weighted by atomic mass is 9.90. The van der Waals surface area contributed by atoms with Crippen molar-refractivity contribution in [2.75, 3.05) is 25.6 Å². The van der Waals surface area contributed by atoms with Crippen LogP contribution in [0.25, 0.3) is 11.3 Å². The van der Waals surface area contributed by atoms with Gasteiger partial charge in [-0.2, -0.15) is 0 Å². The first-order valence-electron chi connectivity index (χ1n) is 10.9. The lowest BCUT2D eigenvalue weighted by molar-refractivity contribution is 0.0636. The second-order valence-electron chi connectivity index (χ2n) is 9.20. The molecule has 0 saturated carbocycles. The zero-order valence-corrected chi connectivity index (χ0v) is 20.5. The van der Waals surface area contributed by atoms with Crippen molar-refractivity contribution in [2.45, 2.75) is 59.1 Å². The Labute approximate surface area is 194 Å². The highest BCUT2D eigenvalue weighted by molar-refractivity contribution is 7.14. The number of anilines is 1. The summed E-state index contributed by atoms with van der Waals surface area (Å²) in [5.41, 5.74) is 3.36. The molecule has 174 valence electrons. The van der Waals surface area contributed by atoms with Gasteiger partial charge in [0.05, 0.1) is 18.3 Å². The second kappa shape index (κ2) is 10.4. The van der Waals surface area contributed by atoms with Crippen LogP contribution in [-0.4, -0.2) is 49.3 Å². The predicted octanol–water partition coefficient (Wildman–Crippen LogP) is 5.57. The Kier molecular flexibility index (Phi) is 7.90. The molecule has 0 saturated heterocycles. The van der Waals surface area contributed by atoms with Crippen LogP contribution in [0.1, 0.15) is 52.2 Å². The molecule has 0 fully saturated rings. The molecule has 0 spiro atoms. The van der Waals surface area contributed by atoms with Crippen LogP contribution in [0.3, 0.4) is 0 Å². The summed E-state index contributed by atoms with van der Waals surface area (Å²) in [6.07, 6.45) is 3.12. The summed E-state index contributed by atoms with van der Waals surface area (Å²) in [5, 5.41) is 5.10.